The predicted octanol–water partition coefficient (Wildman–Crippen LogP) is -0.977. The number of hydrogen-bond donors (Lipinski definition) is 2. The molecular formula is C14H17N2NaO5S2. The van der Waals surface area contributed by atoms with E-state index in [0.29, 0.717) is 6.42 Å². The number of fused-ring (bicyclic) bond motifs is 1. The molecule has 126 valence electrons. The quantitative estimate of drug-likeness (QED) is 0.277. The van der Waals surface area contributed by atoms with Crippen LogP contribution in [-0.2, 0) is 20.3 Å². The van der Waals surface area contributed by atoms with Crippen LogP contribution in [-0.4, -0.2) is 42.4 Å². The first-order valence-corrected chi connectivity index (χ1v) is 9.85. The summed E-state index contributed by atoms with van der Waals surface area (Å²) in [6.45, 7) is 1.71. The third-order valence-corrected chi connectivity index (χ3v) is 5.10. The molecule has 0 saturated carbocycles. The molecule has 0 aliphatic heterocycles. The Labute approximate surface area is 166 Å². The van der Waals surface area contributed by atoms with E-state index in [-0.39, 0.29) is 58.8 Å². The summed E-state index contributed by atoms with van der Waals surface area (Å²) in [6, 6.07) is 7.73. The summed E-state index contributed by atoms with van der Waals surface area (Å²) < 4.78 is 36.0. The van der Waals surface area contributed by atoms with Crippen molar-refractivity contribution >= 4 is 36.9 Å². The van der Waals surface area contributed by atoms with Crippen LogP contribution in [0.1, 0.15) is 12.5 Å². The molecule has 0 aliphatic rings. The molecule has 1 atom stereocenters. The Hall–Kier alpha value is -0.710. The number of benzene rings is 1. The fourth-order valence-electron chi connectivity index (χ4n) is 2.19. The van der Waals surface area contributed by atoms with Gasteiger partial charge in [-0.15, -0.1) is 0 Å². The largest absolute Gasteiger partial charge is 1.00 e. The third-order valence-electron chi connectivity index (χ3n) is 3.11. The van der Waals surface area contributed by atoms with Gasteiger partial charge in [-0.3, -0.25) is 0 Å². The van der Waals surface area contributed by atoms with Gasteiger partial charge in [-0.1, -0.05) is 18.2 Å². The number of carbonyl (C=O) groups is 1. The molecule has 2 N–H and O–H groups in total. The first kappa shape index (κ1) is 21.3. The van der Waals surface area contributed by atoms with Crippen LogP contribution in [0.25, 0.3) is 10.9 Å². The minimum atomic E-state index is -4.35. The molecule has 10 heteroatoms. The van der Waals surface area contributed by atoms with E-state index >= 15 is 0 Å². The summed E-state index contributed by atoms with van der Waals surface area (Å²) in [5.74, 6) is -0.0872. The number of H-pyrrole nitrogens is 1. The normalized spacial score (nSPS) is 12.4. The van der Waals surface area contributed by atoms with Crippen LogP contribution in [0.15, 0.2) is 30.5 Å². The van der Waals surface area contributed by atoms with Gasteiger partial charge in [-0.05, 0) is 35.8 Å². The van der Waals surface area contributed by atoms with E-state index in [2.05, 4.69) is 10.3 Å². The fourth-order valence-corrected chi connectivity index (χ4v) is 3.37. The van der Waals surface area contributed by atoms with Gasteiger partial charge in [0.1, 0.15) is 15.8 Å². The second-order valence-corrected chi connectivity index (χ2v) is 8.37. The molecule has 1 aromatic carbocycles. The molecule has 0 fully saturated rings. The predicted molar refractivity (Wildman–Crippen MR) is 88.1 cm³/mol. The molecule has 2 rings (SSSR count). The number of aromatic nitrogens is 1. The Kier molecular flexibility index (Phi) is 8.61. The summed E-state index contributed by atoms with van der Waals surface area (Å²) in [7, 11) is -4.14. The molecule has 0 saturated heterocycles. The van der Waals surface area contributed by atoms with E-state index in [9.17, 15) is 17.8 Å². The zero-order chi connectivity index (χ0) is 16.9. The Balaban J connectivity index is 0.00000288. The van der Waals surface area contributed by atoms with Crippen molar-refractivity contribution in [3.63, 3.8) is 0 Å². The van der Waals surface area contributed by atoms with E-state index in [0.717, 1.165) is 16.5 Å². The maximum Gasteiger partial charge on any atom is 1.00 e. The van der Waals surface area contributed by atoms with Gasteiger partial charge in [0.15, 0.2) is 0 Å². The Morgan fingerprint density at radius 2 is 2.12 bits per heavy atom. The van der Waals surface area contributed by atoms with Crippen molar-refractivity contribution in [3.8, 4) is 0 Å². The number of rotatable bonds is 7. The van der Waals surface area contributed by atoms with Crippen molar-refractivity contribution in [1.82, 2.24) is 10.3 Å². The smallest absolute Gasteiger partial charge is 0.739 e. The van der Waals surface area contributed by atoms with Gasteiger partial charge in [0.25, 0.3) is 0 Å². The average Bonchev–Trinajstić information content (AvgIpc) is 2.86. The van der Waals surface area contributed by atoms with Crippen LogP contribution in [0.5, 0.6) is 0 Å². The molecule has 24 heavy (non-hydrogen) atoms. The van der Waals surface area contributed by atoms with Crippen LogP contribution in [0.4, 0.5) is 4.79 Å². The molecule has 1 unspecified atom stereocenters. The standard InChI is InChI=1S/C14H18N2O5S2.Na/c1-10(16-14(17)21-6-7-22-23(18,19)20)8-11-9-15-13-5-3-2-4-12(11)13;/h2-5,9-10,15H,6-8H2,1H3,(H,16,17)(H,18,19,20);/q;+1/p-1. The van der Waals surface area contributed by atoms with Crippen molar-refractivity contribution in [3.05, 3.63) is 36.0 Å². The number of aromatic amines is 1. The van der Waals surface area contributed by atoms with Crippen LogP contribution in [0, 0.1) is 0 Å². The molecule has 1 amide bonds. The van der Waals surface area contributed by atoms with E-state index < -0.39 is 15.2 Å². The summed E-state index contributed by atoms with van der Waals surface area (Å²) in [5, 5.41) is 3.77. The van der Waals surface area contributed by atoms with Gasteiger partial charge in [0.05, 0.1) is 0 Å². The Bertz CT molecular complexity index is 778. The van der Waals surface area contributed by atoms with Crippen molar-refractivity contribution in [2.24, 2.45) is 0 Å². The van der Waals surface area contributed by atoms with Crippen molar-refractivity contribution in [2.45, 2.75) is 19.4 Å². The van der Waals surface area contributed by atoms with E-state index in [1.807, 2.05) is 37.4 Å². The number of carbonyl (C=O) groups excluding carboxylic acids is 1. The van der Waals surface area contributed by atoms with Gasteiger partial charge in [-0.25, -0.2) is 13.2 Å². The zero-order valence-corrected chi connectivity index (χ0v) is 17.1. The van der Waals surface area contributed by atoms with Gasteiger partial charge in [0.2, 0.25) is 0 Å². The maximum atomic E-state index is 11.6. The number of para-hydroxylation sites is 1. The second-order valence-electron chi connectivity index (χ2n) is 4.98. The topological polar surface area (TPSA) is 111 Å². The van der Waals surface area contributed by atoms with Crippen LogP contribution >= 0.6 is 10.8 Å². The number of ether oxygens (including phenoxy) is 1. The number of amides is 1. The Morgan fingerprint density at radius 3 is 2.83 bits per heavy atom. The van der Waals surface area contributed by atoms with E-state index in [4.69, 9.17) is 4.74 Å². The van der Waals surface area contributed by atoms with Crippen LogP contribution in [0.3, 0.4) is 0 Å². The molecule has 7 nitrogen and oxygen atoms in total. The molecule has 0 spiro atoms. The SMILES string of the molecule is CC(Cc1c[nH]c2ccccc12)NC(=O)OCCSS(=O)(=O)[O-].[Na+]. The molecule has 0 bridgehead atoms. The van der Waals surface area contributed by atoms with Gasteiger partial charge in [0, 0.05) is 28.9 Å². The minimum absolute atomic E-state index is 0. The summed E-state index contributed by atoms with van der Waals surface area (Å²) in [4.78, 5) is 14.8. The zero-order valence-electron chi connectivity index (χ0n) is 13.4. The van der Waals surface area contributed by atoms with Gasteiger partial charge >= 0.3 is 35.7 Å². The van der Waals surface area contributed by atoms with Gasteiger partial charge in [-0.2, -0.15) is 0 Å². The van der Waals surface area contributed by atoms with E-state index in [1.54, 1.807) is 0 Å². The van der Waals surface area contributed by atoms with Gasteiger partial charge < -0.3 is 19.6 Å². The minimum Gasteiger partial charge on any atom is -0.739 e. The summed E-state index contributed by atoms with van der Waals surface area (Å²) in [5.41, 5.74) is 2.12. The number of nitrogens with one attached hydrogen (secondary N) is 2. The molecule has 0 radical (unpaired) electrons. The van der Waals surface area contributed by atoms with Crippen LogP contribution < -0.4 is 34.9 Å². The Morgan fingerprint density at radius 1 is 1.42 bits per heavy atom. The maximum absolute atomic E-state index is 11.6. The third kappa shape index (κ3) is 7.04. The molecule has 0 aliphatic carbocycles. The first-order valence-electron chi connectivity index (χ1n) is 6.93. The average molecular weight is 380 g/mol. The molecule has 2 aromatic rings. The fraction of sp³-hybridized carbons (Fsp3) is 0.357. The van der Waals surface area contributed by atoms with Crippen LogP contribution in [0.2, 0.25) is 0 Å². The molecule has 1 aromatic heterocycles. The second kappa shape index (κ2) is 9.69. The van der Waals surface area contributed by atoms with Crippen molar-refractivity contribution < 1.29 is 52.1 Å². The van der Waals surface area contributed by atoms with Crippen molar-refractivity contribution in [2.75, 3.05) is 12.4 Å². The summed E-state index contributed by atoms with van der Waals surface area (Å²) >= 11 is 0. The van der Waals surface area contributed by atoms with Crippen molar-refractivity contribution in [1.29, 1.82) is 0 Å². The summed E-state index contributed by atoms with van der Waals surface area (Å²) in [6.07, 6.45) is 1.90. The molecular weight excluding hydrogens is 363 g/mol. The number of hydrogen-bond acceptors (Lipinski definition) is 6. The first-order chi connectivity index (χ1) is 10.8. The molecule has 1 heterocycles. The number of alkyl carbamates (subject to hydrolysis) is 1. The monoisotopic (exact) mass is 380 g/mol. The van der Waals surface area contributed by atoms with E-state index in [1.165, 1.54) is 0 Å².